The summed E-state index contributed by atoms with van der Waals surface area (Å²) in [7, 11) is 2.11. The highest BCUT2D eigenvalue weighted by atomic mass is 15.1. The second kappa shape index (κ2) is 5.53. The minimum Gasteiger partial charge on any atom is -0.331 e. The Balaban J connectivity index is 2.19. The van der Waals surface area contributed by atoms with Crippen molar-refractivity contribution in [2.24, 2.45) is 13.0 Å². The molecule has 3 heteroatoms. The van der Waals surface area contributed by atoms with Crippen molar-refractivity contribution >= 4 is 11.0 Å². The molecule has 0 spiro atoms. The van der Waals surface area contributed by atoms with Crippen LogP contribution >= 0.6 is 0 Å². The lowest BCUT2D eigenvalue weighted by Gasteiger charge is -2.20. The molecule has 0 saturated carbocycles. The summed E-state index contributed by atoms with van der Waals surface area (Å²) in [5.74, 6) is 1.76. The average molecular weight is 245 g/mol. The Kier molecular flexibility index (Phi) is 4.02. The van der Waals surface area contributed by atoms with Crippen molar-refractivity contribution in [1.29, 1.82) is 0 Å². The third-order valence-electron chi connectivity index (χ3n) is 3.76. The van der Waals surface area contributed by atoms with Gasteiger partial charge >= 0.3 is 0 Å². The van der Waals surface area contributed by atoms with Gasteiger partial charge in [0.05, 0.1) is 11.0 Å². The molecule has 98 valence electrons. The molecule has 0 aliphatic rings. The fourth-order valence-corrected chi connectivity index (χ4v) is 2.37. The van der Waals surface area contributed by atoms with Gasteiger partial charge in [-0.1, -0.05) is 26.0 Å². The lowest BCUT2D eigenvalue weighted by molar-refractivity contribution is 0.397. The third kappa shape index (κ3) is 2.56. The fourth-order valence-electron chi connectivity index (χ4n) is 2.37. The van der Waals surface area contributed by atoms with Crippen LogP contribution in [0.1, 0.15) is 26.6 Å². The lowest BCUT2D eigenvalue weighted by atomic mass is 9.99. The number of aryl methyl sites for hydroxylation is 1. The summed E-state index contributed by atoms with van der Waals surface area (Å²) in [6, 6.07) is 8.85. The molecule has 0 aliphatic carbocycles. The number of nitrogens with zero attached hydrogens (tertiary/aromatic N) is 2. The molecular formula is C15H23N3. The van der Waals surface area contributed by atoms with Crippen LogP contribution in [0.2, 0.25) is 0 Å². The molecule has 2 atom stereocenters. The van der Waals surface area contributed by atoms with Crippen LogP contribution in [0, 0.1) is 5.92 Å². The van der Waals surface area contributed by atoms with E-state index in [1.54, 1.807) is 0 Å². The van der Waals surface area contributed by atoms with Gasteiger partial charge in [0.25, 0.3) is 0 Å². The Labute approximate surface area is 109 Å². The van der Waals surface area contributed by atoms with Crippen LogP contribution in [-0.4, -0.2) is 22.1 Å². The summed E-state index contributed by atoms with van der Waals surface area (Å²) in [4.78, 5) is 4.73. The zero-order chi connectivity index (χ0) is 13.1. The maximum atomic E-state index is 4.73. The minimum absolute atomic E-state index is 0.523. The normalized spacial score (nSPS) is 14.9. The lowest BCUT2D eigenvalue weighted by Crippen LogP contribution is -2.33. The molecule has 1 aromatic heterocycles. The maximum Gasteiger partial charge on any atom is 0.109 e. The maximum absolute atomic E-state index is 4.73. The summed E-state index contributed by atoms with van der Waals surface area (Å²) in [6.45, 7) is 7.70. The van der Waals surface area contributed by atoms with Gasteiger partial charge < -0.3 is 9.88 Å². The smallest absolute Gasteiger partial charge is 0.109 e. The van der Waals surface area contributed by atoms with E-state index in [0.29, 0.717) is 12.0 Å². The van der Waals surface area contributed by atoms with Crippen LogP contribution in [0.5, 0.6) is 0 Å². The summed E-state index contributed by atoms with van der Waals surface area (Å²) in [6.07, 6.45) is 1.01. The summed E-state index contributed by atoms with van der Waals surface area (Å²) in [5, 5.41) is 3.48. The molecule has 1 N–H and O–H groups in total. The third-order valence-corrected chi connectivity index (χ3v) is 3.76. The number of benzene rings is 1. The van der Waals surface area contributed by atoms with Gasteiger partial charge in [0.15, 0.2) is 0 Å². The Hall–Kier alpha value is -1.35. The molecule has 18 heavy (non-hydrogen) atoms. The molecule has 1 heterocycles. The van der Waals surface area contributed by atoms with Crippen LogP contribution < -0.4 is 5.32 Å². The molecule has 0 saturated heterocycles. The Bertz CT molecular complexity index is 515. The predicted molar refractivity (Wildman–Crippen MR) is 76.7 cm³/mol. The van der Waals surface area contributed by atoms with Crippen molar-refractivity contribution in [3.8, 4) is 0 Å². The molecule has 0 fully saturated rings. The summed E-state index contributed by atoms with van der Waals surface area (Å²) in [5.41, 5.74) is 2.31. The highest BCUT2D eigenvalue weighted by Gasteiger charge is 2.15. The van der Waals surface area contributed by atoms with E-state index in [1.807, 2.05) is 6.07 Å². The van der Waals surface area contributed by atoms with Gasteiger partial charge in [-0.25, -0.2) is 4.98 Å². The van der Waals surface area contributed by atoms with E-state index in [0.717, 1.165) is 18.5 Å². The minimum atomic E-state index is 0.523. The first-order valence-electron chi connectivity index (χ1n) is 6.77. The fraction of sp³-hybridized carbons (Fsp3) is 0.533. The van der Waals surface area contributed by atoms with E-state index < -0.39 is 0 Å². The first kappa shape index (κ1) is 13.1. The zero-order valence-electron chi connectivity index (χ0n) is 11.8. The topological polar surface area (TPSA) is 29.9 Å². The Morgan fingerprint density at radius 3 is 2.67 bits per heavy atom. The van der Waals surface area contributed by atoms with Gasteiger partial charge in [-0.3, -0.25) is 0 Å². The van der Waals surface area contributed by atoms with E-state index in [2.05, 4.69) is 55.9 Å². The summed E-state index contributed by atoms with van der Waals surface area (Å²) >= 11 is 0. The molecule has 0 radical (unpaired) electrons. The van der Waals surface area contributed by atoms with E-state index in [4.69, 9.17) is 4.98 Å². The number of hydrogen-bond acceptors (Lipinski definition) is 2. The van der Waals surface area contributed by atoms with Crippen molar-refractivity contribution < 1.29 is 0 Å². The number of imidazole rings is 1. The van der Waals surface area contributed by atoms with Crippen LogP contribution in [0.4, 0.5) is 0 Å². The average Bonchev–Trinajstić information content (AvgIpc) is 2.67. The first-order valence-corrected chi connectivity index (χ1v) is 6.77. The van der Waals surface area contributed by atoms with Crippen LogP contribution in [0.25, 0.3) is 11.0 Å². The highest BCUT2D eigenvalue weighted by Crippen LogP contribution is 2.18. The predicted octanol–water partition coefficient (Wildman–Crippen LogP) is 2.75. The number of nitrogens with one attached hydrogen (secondary N) is 1. The van der Waals surface area contributed by atoms with Crippen molar-refractivity contribution in [3.63, 3.8) is 0 Å². The van der Waals surface area contributed by atoms with Crippen molar-refractivity contribution in [1.82, 2.24) is 14.9 Å². The van der Waals surface area contributed by atoms with Crippen LogP contribution in [-0.2, 0) is 13.5 Å². The SMILES string of the molecule is CCNC(C)C(C)Cc1nc2ccccc2n1C. The molecule has 3 nitrogen and oxygen atoms in total. The van der Waals surface area contributed by atoms with Gasteiger partial charge in [-0.2, -0.15) is 0 Å². The standard InChI is InChI=1S/C15H23N3/c1-5-16-12(3)11(2)10-15-17-13-8-6-7-9-14(13)18(15)4/h6-9,11-12,16H,5,10H2,1-4H3. The quantitative estimate of drug-likeness (QED) is 0.878. The van der Waals surface area contributed by atoms with Gasteiger partial charge in [-0.05, 0) is 31.5 Å². The zero-order valence-corrected chi connectivity index (χ0v) is 11.8. The first-order chi connectivity index (χ1) is 8.63. The number of rotatable bonds is 5. The summed E-state index contributed by atoms with van der Waals surface area (Å²) < 4.78 is 2.21. The second-order valence-corrected chi connectivity index (χ2v) is 5.10. The molecule has 2 unspecified atom stereocenters. The molecule has 2 rings (SSSR count). The number of fused-ring (bicyclic) bond motifs is 1. The van der Waals surface area contributed by atoms with Gasteiger partial charge in [-0.15, -0.1) is 0 Å². The van der Waals surface area contributed by atoms with Crippen LogP contribution in [0.15, 0.2) is 24.3 Å². The second-order valence-electron chi connectivity index (χ2n) is 5.10. The molecule has 0 aliphatic heterocycles. The molecular weight excluding hydrogens is 222 g/mol. The van der Waals surface area contributed by atoms with Crippen molar-refractivity contribution in [2.75, 3.05) is 6.54 Å². The Morgan fingerprint density at radius 2 is 2.00 bits per heavy atom. The molecule has 2 aromatic rings. The van der Waals surface area contributed by atoms with E-state index in [-0.39, 0.29) is 0 Å². The molecule has 0 amide bonds. The van der Waals surface area contributed by atoms with Gasteiger partial charge in [0.2, 0.25) is 0 Å². The Morgan fingerprint density at radius 1 is 1.28 bits per heavy atom. The molecule has 1 aromatic carbocycles. The van der Waals surface area contributed by atoms with E-state index in [9.17, 15) is 0 Å². The number of para-hydroxylation sites is 2. The van der Waals surface area contributed by atoms with E-state index in [1.165, 1.54) is 11.3 Å². The van der Waals surface area contributed by atoms with Crippen molar-refractivity contribution in [3.05, 3.63) is 30.1 Å². The molecule has 0 bridgehead atoms. The van der Waals surface area contributed by atoms with Crippen molar-refractivity contribution in [2.45, 2.75) is 33.2 Å². The number of hydrogen-bond donors (Lipinski definition) is 1. The largest absolute Gasteiger partial charge is 0.331 e. The van der Waals surface area contributed by atoms with E-state index >= 15 is 0 Å². The number of aromatic nitrogens is 2. The van der Waals surface area contributed by atoms with Gasteiger partial charge in [0.1, 0.15) is 5.82 Å². The van der Waals surface area contributed by atoms with Crippen LogP contribution in [0.3, 0.4) is 0 Å². The highest BCUT2D eigenvalue weighted by molar-refractivity contribution is 5.75. The van der Waals surface area contributed by atoms with Gasteiger partial charge in [0, 0.05) is 19.5 Å². The monoisotopic (exact) mass is 245 g/mol.